The van der Waals surface area contributed by atoms with Crippen LogP contribution < -0.4 is 5.32 Å². The molecule has 0 aliphatic carbocycles. The first-order valence-electron chi connectivity index (χ1n) is 6.23. The minimum atomic E-state index is 0.637. The molecule has 3 aromatic heterocycles. The molecule has 0 aliphatic rings. The van der Waals surface area contributed by atoms with Crippen LogP contribution in [0.4, 0.5) is 0 Å². The molecule has 6 nitrogen and oxygen atoms in total. The third kappa shape index (κ3) is 2.34. The highest BCUT2D eigenvalue weighted by Crippen LogP contribution is 2.10. The fourth-order valence-electron chi connectivity index (χ4n) is 2.12. The van der Waals surface area contributed by atoms with Crippen molar-refractivity contribution in [1.82, 2.24) is 29.7 Å². The molecule has 19 heavy (non-hydrogen) atoms. The average molecular weight is 256 g/mol. The van der Waals surface area contributed by atoms with E-state index in [0.717, 1.165) is 23.6 Å². The van der Waals surface area contributed by atoms with E-state index in [4.69, 9.17) is 0 Å². The Balaban J connectivity index is 1.86. The molecule has 0 fully saturated rings. The van der Waals surface area contributed by atoms with Crippen molar-refractivity contribution in [2.24, 2.45) is 0 Å². The van der Waals surface area contributed by atoms with Gasteiger partial charge in [-0.2, -0.15) is 0 Å². The Labute approximate surface area is 111 Å². The van der Waals surface area contributed by atoms with E-state index < -0.39 is 0 Å². The Morgan fingerprint density at radius 2 is 2.16 bits per heavy atom. The predicted molar refractivity (Wildman–Crippen MR) is 71.8 cm³/mol. The molecule has 0 saturated heterocycles. The first kappa shape index (κ1) is 11.9. The molecule has 0 radical (unpaired) electrons. The predicted octanol–water partition coefficient (Wildman–Crippen LogP) is 1.00. The van der Waals surface area contributed by atoms with Crippen LogP contribution in [0.1, 0.15) is 17.0 Å². The van der Waals surface area contributed by atoms with Crippen LogP contribution in [-0.4, -0.2) is 31.4 Å². The Morgan fingerprint density at radius 3 is 2.95 bits per heavy atom. The average Bonchev–Trinajstić information content (AvgIpc) is 2.98. The quantitative estimate of drug-likeness (QED) is 0.756. The van der Waals surface area contributed by atoms with Crippen LogP contribution in [0.25, 0.3) is 5.65 Å². The van der Waals surface area contributed by atoms with E-state index >= 15 is 0 Å². The normalized spacial score (nSPS) is 11.3. The van der Waals surface area contributed by atoms with Gasteiger partial charge in [0.25, 0.3) is 0 Å². The Hall–Kier alpha value is -2.21. The molecule has 0 atom stereocenters. The highest BCUT2D eigenvalue weighted by Gasteiger charge is 2.06. The molecular weight excluding hydrogens is 240 g/mol. The van der Waals surface area contributed by atoms with Crippen molar-refractivity contribution in [2.75, 3.05) is 7.05 Å². The van der Waals surface area contributed by atoms with Crippen LogP contribution in [0.15, 0.2) is 30.7 Å². The summed E-state index contributed by atoms with van der Waals surface area (Å²) in [7, 11) is 1.89. The number of pyridine rings is 1. The van der Waals surface area contributed by atoms with E-state index in [0.29, 0.717) is 6.54 Å². The summed E-state index contributed by atoms with van der Waals surface area (Å²) < 4.78 is 3.85. The maximum atomic E-state index is 4.62. The highest BCUT2D eigenvalue weighted by atomic mass is 15.4. The number of aromatic nitrogens is 5. The standard InChI is InChI=1S/C13H16N6/c1-10-4-3-5-18-7-12(15-13(10)18)9-19-8-11(6-14-2)16-17-19/h3-5,7-8,14H,6,9H2,1-2H3. The molecular formula is C13H16N6. The third-order valence-electron chi connectivity index (χ3n) is 3.00. The lowest BCUT2D eigenvalue weighted by Crippen LogP contribution is -2.05. The maximum absolute atomic E-state index is 4.62. The Morgan fingerprint density at radius 1 is 1.26 bits per heavy atom. The van der Waals surface area contributed by atoms with Crippen molar-refractivity contribution in [2.45, 2.75) is 20.0 Å². The lowest BCUT2D eigenvalue weighted by molar-refractivity contribution is 0.640. The maximum Gasteiger partial charge on any atom is 0.140 e. The molecule has 0 bridgehead atoms. The molecule has 0 aromatic carbocycles. The fraction of sp³-hybridized carbons (Fsp3) is 0.308. The fourth-order valence-corrected chi connectivity index (χ4v) is 2.12. The number of nitrogens with zero attached hydrogens (tertiary/aromatic N) is 5. The van der Waals surface area contributed by atoms with E-state index in [2.05, 4.69) is 33.6 Å². The van der Waals surface area contributed by atoms with Gasteiger partial charge < -0.3 is 9.72 Å². The summed E-state index contributed by atoms with van der Waals surface area (Å²) in [6.45, 7) is 3.43. The lowest BCUT2D eigenvalue weighted by atomic mass is 10.3. The van der Waals surface area contributed by atoms with Gasteiger partial charge in [-0.1, -0.05) is 11.3 Å². The molecule has 0 aliphatic heterocycles. The largest absolute Gasteiger partial charge is 0.314 e. The molecule has 3 rings (SSSR count). The van der Waals surface area contributed by atoms with Gasteiger partial charge in [-0.3, -0.25) is 0 Å². The molecule has 3 aromatic rings. The molecule has 0 saturated carbocycles. The van der Waals surface area contributed by atoms with Crippen molar-refractivity contribution in [3.63, 3.8) is 0 Å². The topological polar surface area (TPSA) is 60.0 Å². The number of rotatable bonds is 4. The van der Waals surface area contributed by atoms with Crippen molar-refractivity contribution in [3.8, 4) is 0 Å². The van der Waals surface area contributed by atoms with Crippen LogP contribution in [0, 0.1) is 6.92 Å². The van der Waals surface area contributed by atoms with E-state index in [9.17, 15) is 0 Å². The Kier molecular flexibility index (Phi) is 3.00. The summed E-state index contributed by atoms with van der Waals surface area (Å²) in [4.78, 5) is 4.62. The summed E-state index contributed by atoms with van der Waals surface area (Å²) in [5, 5.41) is 11.2. The van der Waals surface area contributed by atoms with Crippen LogP contribution in [0.2, 0.25) is 0 Å². The minimum Gasteiger partial charge on any atom is -0.314 e. The molecule has 6 heteroatoms. The number of imidazole rings is 1. The lowest BCUT2D eigenvalue weighted by Gasteiger charge is -1.94. The number of nitrogens with one attached hydrogen (secondary N) is 1. The van der Waals surface area contributed by atoms with Crippen LogP contribution in [-0.2, 0) is 13.1 Å². The Bertz CT molecular complexity index is 696. The van der Waals surface area contributed by atoms with E-state index in [1.54, 1.807) is 0 Å². The molecule has 1 N–H and O–H groups in total. The van der Waals surface area contributed by atoms with Gasteiger partial charge in [0, 0.05) is 18.9 Å². The van der Waals surface area contributed by atoms with E-state index in [-0.39, 0.29) is 0 Å². The van der Waals surface area contributed by atoms with Crippen molar-refractivity contribution >= 4 is 5.65 Å². The second-order valence-corrected chi connectivity index (χ2v) is 4.59. The zero-order valence-corrected chi connectivity index (χ0v) is 11.0. The van der Waals surface area contributed by atoms with Crippen molar-refractivity contribution in [1.29, 1.82) is 0 Å². The van der Waals surface area contributed by atoms with Gasteiger partial charge in [0.05, 0.1) is 24.1 Å². The summed E-state index contributed by atoms with van der Waals surface area (Å²) in [5.41, 5.74) is 4.08. The second-order valence-electron chi connectivity index (χ2n) is 4.59. The number of hydrogen-bond acceptors (Lipinski definition) is 4. The van der Waals surface area contributed by atoms with Gasteiger partial charge in [0.1, 0.15) is 5.65 Å². The van der Waals surface area contributed by atoms with E-state index in [1.165, 1.54) is 5.56 Å². The number of fused-ring (bicyclic) bond motifs is 1. The van der Waals surface area contributed by atoms with Gasteiger partial charge in [-0.05, 0) is 25.6 Å². The number of hydrogen-bond donors (Lipinski definition) is 1. The van der Waals surface area contributed by atoms with Crippen molar-refractivity contribution in [3.05, 3.63) is 47.7 Å². The van der Waals surface area contributed by atoms with Crippen LogP contribution in [0.5, 0.6) is 0 Å². The smallest absolute Gasteiger partial charge is 0.140 e. The second kappa shape index (κ2) is 4.81. The first-order valence-corrected chi connectivity index (χ1v) is 6.23. The van der Waals surface area contributed by atoms with Crippen molar-refractivity contribution < 1.29 is 0 Å². The van der Waals surface area contributed by atoms with Gasteiger partial charge in [-0.15, -0.1) is 5.10 Å². The summed E-state index contributed by atoms with van der Waals surface area (Å²) in [6, 6.07) is 4.08. The molecule has 3 heterocycles. The zero-order chi connectivity index (χ0) is 13.2. The summed E-state index contributed by atoms with van der Waals surface area (Å²) >= 11 is 0. The SMILES string of the molecule is CNCc1cn(Cc2cn3cccc(C)c3n2)nn1. The number of aryl methyl sites for hydroxylation is 1. The van der Waals surface area contributed by atoms with Gasteiger partial charge in [0.15, 0.2) is 0 Å². The summed E-state index contributed by atoms with van der Waals surface area (Å²) in [6.07, 6.45) is 5.97. The molecule has 98 valence electrons. The van der Waals surface area contributed by atoms with Crippen LogP contribution in [0.3, 0.4) is 0 Å². The first-order chi connectivity index (χ1) is 9.26. The summed E-state index contributed by atoms with van der Waals surface area (Å²) in [5.74, 6) is 0. The molecule has 0 spiro atoms. The molecule has 0 unspecified atom stereocenters. The van der Waals surface area contributed by atoms with Crippen LogP contribution >= 0.6 is 0 Å². The monoisotopic (exact) mass is 256 g/mol. The highest BCUT2D eigenvalue weighted by molar-refractivity contribution is 5.47. The van der Waals surface area contributed by atoms with Gasteiger partial charge >= 0.3 is 0 Å². The van der Waals surface area contributed by atoms with Gasteiger partial charge in [0.2, 0.25) is 0 Å². The van der Waals surface area contributed by atoms with Gasteiger partial charge in [-0.25, -0.2) is 9.67 Å². The van der Waals surface area contributed by atoms with E-state index in [1.807, 2.05) is 40.8 Å². The minimum absolute atomic E-state index is 0.637. The third-order valence-corrected chi connectivity index (χ3v) is 3.00. The molecule has 0 amide bonds. The zero-order valence-electron chi connectivity index (χ0n) is 11.0.